The molecule has 0 unspecified atom stereocenters. The number of halogens is 5. The molecular formula is C16H10BrClF3NO. The summed E-state index contributed by atoms with van der Waals surface area (Å²) in [6, 6.07) is 9.64. The number of alkyl halides is 3. The van der Waals surface area contributed by atoms with Gasteiger partial charge in [-0.3, -0.25) is 4.79 Å². The number of benzene rings is 2. The molecule has 0 atom stereocenters. The number of rotatable bonds is 3. The van der Waals surface area contributed by atoms with Crippen LogP contribution >= 0.6 is 27.5 Å². The molecule has 0 aliphatic heterocycles. The third-order valence-electron chi connectivity index (χ3n) is 2.83. The lowest BCUT2D eigenvalue weighted by molar-refractivity contribution is -0.137. The molecule has 0 bridgehead atoms. The van der Waals surface area contributed by atoms with Gasteiger partial charge in [0.15, 0.2) is 0 Å². The van der Waals surface area contributed by atoms with Crippen molar-refractivity contribution < 1.29 is 18.0 Å². The number of carbonyl (C=O) groups is 1. The zero-order valence-corrected chi connectivity index (χ0v) is 13.8. The molecule has 1 N–H and O–H groups in total. The lowest BCUT2D eigenvalue weighted by Crippen LogP contribution is -2.08. The lowest BCUT2D eigenvalue weighted by atomic mass is 10.1. The molecule has 0 radical (unpaired) electrons. The average Bonchev–Trinajstić information content (AvgIpc) is 2.47. The van der Waals surface area contributed by atoms with E-state index in [4.69, 9.17) is 11.6 Å². The third-order valence-corrected chi connectivity index (χ3v) is 3.64. The van der Waals surface area contributed by atoms with Gasteiger partial charge in [-0.05, 0) is 42.0 Å². The van der Waals surface area contributed by atoms with Gasteiger partial charge in [0.2, 0.25) is 5.91 Å². The van der Waals surface area contributed by atoms with Crippen molar-refractivity contribution in [2.24, 2.45) is 0 Å². The molecule has 2 aromatic carbocycles. The number of nitrogens with one attached hydrogen (secondary N) is 1. The molecule has 1 amide bonds. The van der Waals surface area contributed by atoms with Crippen LogP contribution in [0.3, 0.4) is 0 Å². The molecule has 0 heterocycles. The SMILES string of the molecule is O=C(/C=C/c1cccc(C(F)(F)F)c1)Nc1ccc(Br)cc1Cl. The number of amides is 1. The molecule has 23 heavy (non-hydrogen) atoms. The van der Waals surface area contributed by atoms with Gasteiger partial charge in [0.25, 0.3) is 0 Å². The smallest absolute Gasteiger partial charge is 0.321 e. The second kappa shape index (κ2) is 7.19. The molecule has 0 saturated heterocycles. The van der Waals surface area contributed by atoms with Crippen LogP contribution < -0.4 is 5.32 Å². The predicted molar refractivity (Wildman–Crippen MR) is 88.3 cm³/mol. The monoisotopic (exact) mass is 403 g/mol. The molecule has 0 aliphatic carbocycles. The second-order valence-electron chi connectivity index (χ2n) is 4.57. The van der Waals surface area contributed by atoms with Gasteiger partial charge in [0.1, 0.15) is 0 Å². The van der Waals surface area contributed by atoms with Gasteiger partial charge in [-0.2, -0.15) is 13.2 Å². The van der Waals surface area contributed by atoms with Crippen molar-refractivity contribution in [3.63, 3.8) is 0 Å². The summed E-state index contributed by atoms with van der Waals surface area (Å²) in [7, 11) is 0. The van der Waals surface area contributed by atoms with Gasteiger partial charge in [0.05, 0.1) is 16.3 Å². The largest absolute Gasteiger partial charge is 0.416 e. The summed E-state index contributed by atoms with van der Waals surface area (Å²) in [6.07, 6.45) is -1.97. The Morgan fingerprint density at radius 2 is 1.91 bits per heavy atom. The average molecular weight is 405 g/mol. The standard InChI is InChI=1S/C16H10BrClF3NO/c17-12-5-6-14(13(18)9-12)22-15(23)7-4-10-2-1-3-11(8-10)16(19,20)21/h1-9H,(H,22,23)/b7-4+. The first-order chi connectivity index (χ1) is 10.8. The number of hydrogen-bond acceptors (Lipinski definition) is 1. The molecule has 0 fully saturated rings. The Kier molecular flexibility index (Phi) is 5.49. The van der Waals surface area contributed by atoms with Crippen molar-refractivity contribution in [2.75, 3.05) is 5.32 Å². The van der Waals surface area contributed by atoms with Gasteiger partial charge in [-0.25, -0.2) is 0 Å². The highest BCUT2D eigenvalue weighted by Gasteiger charge is 2.30. The number of anilines is 1. The molecule has 0 aliphatic rings. The van der Waals surface area contributed by atoms with E-state index in [1.807, 2.05) is 0 Å². The minimum absolute atomic E-state index is 0.275. The Morgan fingerprint density at radius 3 is 2.57 bits per heavy atom. The van der Waals surface area contributed by atoms with Crippen LogP contribution in [0, 0.1) is 0 Å². The highest BCUT2D eigenvalue weighted by Crippen LogP contribution is 2.30. The fraction of sp³-hybridized carbons (Fsp3) is 0.0625. The summed E-state index contributed by atoms with van der Waals surface area (Å²) in [5, 5.41) is 2.90. The minimum atomic E-state index is -4.42. The summed E-state index contributed by atoms with van der Waals surface area (Å²) in [4.78, 5) is 11.8. The molecule has 120 valence electrons. The van der Waals surface area contributed by atoms with E-state index in [2.05, 4.69) is 21.2 Å². The third kappa shape index (κ3) is 5.11. The van der Waals surface area contributed by atoms with E-state index in [1.54, 1.807) is 18.2 Å². The van der Waals surface area contributed by atoms with E-state index in [-0.39, 0.29) is 5.56 Å². The van der Waals surface area contributed by atoms with E-state index in [0.717, 1.165) is 22.7 Å². The quantitative estimate of drug-likeness (QED) is 0.646. The predicted octanol–water partition coefficient (Wildman–Crippen LogP) is 5.77. The zero-order valence-electron chi connectivity index (χ0n) is 11.5. The summed E-state index contributed by atoms with van der Waals surface area (Å²) in [5.74, 6) is -0.494. The van der Waals surface area contributed by atoms with E-state index < -0.39 is 17.6 Å². The van der Waals surface area contributed by atoms with Gasteiger partial charge < -0.3 is 5.32 Å². The van der Waals surface area contributed by atoms with Crippen LogP contribution in [0.4, 0.5) is 18.9 Å². The maximum atomic E-state index is 12.6. The molecule has 0 spiro atoms. The highest BCUT2D eigenvalue weighted by atomic mass is 79.9. The Balaban J connectivity index is 2.09. The number of hydrogen-bond donors (Lipinski definition) is 1. The molecule has 2 aromatic rings. The van der Waals surface area contributed by atoms with Crippen LogP contribution in [0.2, 0.25) is 5.02 Å². The van der Waals surface area contributed by atoms with Crippen LogP contribution in [0.15, 0.2) is 53.0 Å². The molecule has 2 rings (SSSR count). The van der Waals surface area contributed by atoms with Crippen LogP contribution in [0.25, 0.3) is 6.08 Å². The Labute approximate surface area is 144 Å². The van der Waals surface area contributed by atoms with Crippen molar-refractivity contribution in [1.29, 1.82) is 0 Å². The maximum Gasteiger partial charge on any atom is 0.416 e. The molecule has 0 saturated carbocycles. The van der Waals surface area contributed by atoms with Crippen molar-refractivity contribution in [2.45, 2.75) is 6.18 Å². The Hall–Kier alpha value is -1.79. The first-order valence-corrected chi connectivity index (χ1v) is 7.54. The number of carbonyl (C=O) groups excluding carboxylic acids is 1. The fourth-order valence-corrected chi connectivity index (χ4v) is 2.48. The maximum absolute atomic E-state index is 12.6. The fourth-order valence-electron chi connectivity index (χ4n) is 1.76. The highest BCUT2D eigenvalue weighted by molar-refractivity contribution is 9.10. The van der Waals surface area contributed by atoms with E-state index in [1.165, 1.54) is 18.2 Å². The zero-order chi connectivity index (χ0) is 17.0. The van der Waals surface area contributed by atoms with E-state index >= 15 is 0 Å². The van der Waals surface area contributed by atoms with Gasteiger partial charge in [-0.1, -0.05) is 39.7 Å². The summed E-state index contributed by atoms with van der Waals surface area (Å²) in [5.41, 5.74) is -0.0820. The normalized spacial score (nSPS) is 11.7. The summed E-state index contributed by atoms with van der Waals surface area (Å²) in [6.45, 7) is 0. The molecule has 2 nitrogen and oxygen atoms in total. The second-order valence-corrected chi connectivity index (χ2v) is 5.89. The van der Waals surface area contributed by atoms with E-state index in [9.17, 15) is 18.0 Å². The van der Waals surface area contributed by atoms with Crippen molar-refractivity contribution in [1.82, 2.24) is 0 Å². The minimum Gasteiger partial charge on any atom is -0.321 e. The first-order valence-electron chi connectivity index (χ1n) is 6.37. The van der Waals surface area contributed by atoms with Crippen molar-refractivity contribution >= 4 is 45.2 Å². The molecular weight excluding hydrogens is 395 g/mol. The Morgan fingerprint density at radius 1 is 1.17 bits per heavy atom. The van der Waals surface area contributed by atoms with Gasteiger partial charge in [-0.15, -0.1) is 0 Å². The topological polar surface area (TPSA) is 29.1 Å². The summed E-state index contributed by atoms with van der Waals surface area (Å²) >= 11 is 9.21. The van der Waals surface area contributed by atoms with Crippen LogP contribution in [0.5, 0.6) is 0 Å². The summed E-state index contributed by atoms with van der Waals surface area (Å²) < 4.78 is 38.6. The van der Waals surface area contributed by atoms with E-state index in [0.29, 0.717) is 10.7 Å². The first kappa shape index (κ1) is 17.6. The molecule has 0 aromatic heterocycles. The van der Waals surface area contributed by atoms with Gasteiger partial charge >= 0.3 is 6.18 Å². The molecule has 7 heteroatoms. The van der Waals surface area contributed by atoms with Crippen molar-refractivity contribution in [3.05, 3.63) is 69.2 Å². The Bertz CT molecular complexity index is 759. The lowest BCUT2D eigenvalue weighted by Gasteiger charge is -2.07. The van der Waals surface area contributed by atoms with Crippen LogP contribution in [-0.2, 0) is 11.0 Å². The van der Waals surface area contributed by atoms with Crippen molar-refractivity contribution in [3.8, 4) is 0 Å². The van der Waals surface area contributed by atoms with Crippen LogP contribution in [0.1, 0.15) is 11.1 Å². The van der Waals surface area contributed by atoms with Gasteiger partial charge in [0, 0.05) is 10.5 Å². The van der Waals surface area contributed by atoms with Crippen LogP contribution in [-0.4, -0.2) is 5.91 Å².